The van der Waals surface area contributed by atoms with Crippen LogP contribution < -0.4 is 5.32 Å². The second-order valence-corrected chi connectivity index (χ2v) is 6.28. The van der Waals surface area contributed by atoms with Gasteiger partial charge in [0.25, 0.3) is 0 Å². The van der Waals surface area contributed by atoms with Gasteiger partial charge in [-0.05, 0) is 32.6 Å². The van der Waals surface area contributed by atoms with Gasteiger partial charge in [0.2, 0.25) is 0 Å². The van der Waals surface area contributed by atoms with Crippen molar-refractivity contribution in [1.82, 2.24) is 4.98 Å². The Bertz CT molecular complexity index is 441. The molecule has 1 saturated carbocycles. The van der Waals surface area contributed by atoms with E-state index in [-0.39, 0.29) is 5.97 Å². The van der Waals surface area contributed by atoms with Crippen LogP contribution >= 0.6 is 11.3 Å². The summed E-state index contributed by atoms with van der Waals surface area (Å²) in [5.41, 5.74) is 0.454. The molecule has 1 aliphatic carbocycles. The Balaban J connectivity index is 1.99. The lowest BCUT2D eigenvalue weighted by molar-refractivity contribution is 0.0519. The van der Waals surface area contributed by atoms with Gasteiger partial charge >= 0.3 is 5.97 Å². The van der Waals surface area contributed by atoms with Gasteiger partial charge in [0.15, 0.2) is 10.8 Å². The van der Waals surface area contributed by atoms with Gasteiger partial charge in [-0.1, -0.05) is 19.8 Å². The summed E-state index contributed by atoms with van der Waals surface area (Å²) in [6, 6.07) is 0.466. The fourth-order valence-corrected chi connectivity index (χ4v) is 2.98. The first-order chi connectivity index (χ1) is 9.13. The van der Waals surface area contributed by atoms with E-state index in [4.69, 9.17) is 4.74 Å². The minimum Gasteiger partial charge on any atom is -0.461 e. The van der Waals surface area contributed by atoms with Gasteiger partial charge in [0.1, 0.15) is 0 Å². The zero-order valence-electron chi connectivity index (χ0n) is 11.9. The van der Waals surface area contributed by atoms with E-state index in [0.717, 1.165) is 22.3 Å². The van der Waals surface area contributed by atoms with Gasteiger partial charge in [-0.2, -0.15) is 0 Å². The van der Waals surface area contributed by atoms with Gasteiger partial charge in [-0.25, -0.2) is 9.78 Å². The molecule has 1 heterocycles. The van der Waals surface area contributed by atoms with Crippen molar-refractivity contribution in [3.8, 4) is 0 Å². The number of nitrogens with one attached hydrogen (secondary N) is 1. The number of carbonyl (C=O) groups excluding carboxylic acids is 1. The molecule has 0 bridgehead atoms. The first kappa shape index (κ1) is 14.3. The fraction of sp³-hybridized carbons (Fsp3) is 0.714. The molecule has 0 spiro atoms. The average Bonchev–Trinajstić information content (AvgIpc) is 3.11. The molecule has 2 rings (SSSR count). The second-order valence-electron chi connectivity index (χ2n) is 5.07. The van der Waals surface area contributed by atoms with Gasteiger partial charge in [-0.3, -0.25) is 0 Å². The van der Waals surface area contributed by atoms with E-state index in [2.05, 4.69) is 17.2 Å². The topological polar surface area (TPSA) is 51.2 Å². The molecule has 0 saturated heterocycles. The highest BCUT2D eigenvalue weighted by molar-refractivity contribution is 7.15. The molecule has 1 unspecified atom stereocenters. The van der Waals surface area contributed by atoms with Crippen LogP contribution in [0.5, 0.6) is 0 Å². The summed E-state index contributed by atoms with van der Waals surface area (Å²) in [6.07, 6.45) is 5.03. The molecule has 19 heavy (non-hydrogen) atoms. The highest BCUT2D eigenvalue weighted by Crippen LogP contribution is 2.35. The third kappa shape index (κ3) is 3.93. The number of esters is 1. The maximum Gasteiger partial charge on any atom is 0.358 e. The Morgan fingerprint density at radius 3 is 2.84 bits per heavy atom. The molecule has 5 heteroatoms. The summed E-state index contributed by atoms with van der Waals surface area (Å²) in [6.45, 7) is 6.29. The lowest BCUT2D eigenvalue weighted by atomic mass is 10.1. The van der Waals surface area contributed by atoms with E-state index in [1.165, 1.54) is 30.6 Å². The summed E-state index contributed by atoms with van der Waals surface area (Å²) in [5.74, 6) is 0.572. The van der Waals surface area contributed by atoms with Crippen LogP contribution in [0, 0.1) is 12.8 Å². The Hall–Kier alpha value is -1.10. The van der Waals surface area contributed by atoms with E-state index >= 15 is 0 Å². The van der Waals surface area contributed by atoms with Crippen molar-refractivity contribution in [2.24, 2.45) is 5.92 Å². The maximum atomic E-state index is 11.7. The minimum atomic E-state index is -0.320. The van der Waals surface area contributed by atoms with Crippen LogP contribution in [0.15, 0.2) is 0 Å². The summed E-state index contributed by atoms with van der Waals surface area (Å²) in [4.78, 5) is 17.0. The van der Waals surface area contributed by atoms with Crippen molar-refractivity contribution in [3.63, 3.8) is 0 Å². The van der Waals surface area contributed by atoms with Crippen molar-refractivity contribution in [3.05, 3.63) is 10.6 Å². The van der Waals surface area contributed by atoms with Crippen molar-refractivity contribution >= 4 is 22.4 Å². The van der Waals surface area contributed by atoms with Gasteiger partial charge in [0.05, 0.1) is 6.61 Å². The molecule has 1 fully saturated rings. The zero-order valence-corrected chi connectivity index (χ0v) is 12.7. The fourth-order valence-electron chi connectivity index (χ4n) is 2.11. The minimum absolute atomic E-state index is 0.320. The number of carbonyl (C=O) groups is 1. The summed E-state index contributed by atoms with van der Waals surface area (Å²) in [7, 11) is 0. The molecule has 1 atom stereocenters. The Kier molecular flexibility index (Phi) is 4.80. The van der Waals surface area contributed by atoms with Crippen LogP contribution in [-0.4, -0.2) is 23.6 Å². The molecule has 4 nitrogen and oxygen atoms in total. The van der Waals surface area contributed by atoms with Crippen LogP contribution in [0.2, 0.25) is 0 Å². The summed E-state index contributed by atoms with van der Waals surface area (Å²) >= 11 is 1.54. The molecule has 0 aromatic carbocycles. The van der Waals surface area contributed by atoms with Gasteiger partial charge < -0.3 is 10.1 Å². The third-order valence-electron chi connectivity index (χ3n) is 3.40. The van der Waals surface area contributed by atoms with Crippen LogP contribution in [0.3, 0.4) is 0 Å². The van der Waals surface area contributed by atoms with Crippen LogP contribution in [-0.2, 0) is 4.74 Å². The van der Waals surface area contributed by atoms with Crippen molar-refractivity contribution in [2.75, 3.05) is 11.9 Å². The van der Waals surface area contributed by atoms with Crippen molar-refractivity contribution < 1.29 is 9.53 Å². The quantitative estimate of drug-likeness (QED) is 0.776. The molecule has 1 N–H and O–H groups in total. The molecule has 1 aliphatic rings. The van der Waals surface area contributed by atoms with Crippen LogP contribution in [0.1, 0.15) is 54.9 Å². The summed E-state index contributed by atoms with van der Waals surface area (Å²) < 4.78 is 5.01. The highest BCUT2D eigenvalue weighted by Gasteiger charge is 2.25. The number of nitrogens with zero attached hydrogens (tertiary/aromatic N) is 1. The molecule has 1 aromatic rings. The number of aromatic nitrogens is 1. The molecular weight excluding hydrogens is 260 g/mol. The van der Waals surface area contributed by atoms with Crippen molar-refractivity contribution in [1.29, 1.82) is 0 Å². The molecule has 0 amide bonds. The number of aryl methyl sites for hydroxylation is 1. The Labute approximate surface area is 118 Å². The number of thiazole rings is 1. The highest BCUT2D eigenvalue weighted by atomic mass is 32.1. The molecule has 106 valence electrons. The van der Waals surface area contributed by atoms with E-state index in [9.17, 15) is 4.79 Å². The Morgan fingerprint density at radius 2 is 2.26 bits per heavy atom. The van der Waals surface area contributed by atoms with E-state index in [1.807, 2.05) is 13.8 Å². The standard InChI is InChI=1S/C14H22N2O2S/c1-4-11(8-10-6-7-10)15-14-16-12(9(3)19-14)13(17)18-5-2/h10-11H,4-8H2,1-3H3,(H,15,16). The smallest absolute Gasteiger partial charge is 0.358 e. The first-order valence-electron chi connectivity index (χ1n) is 7.05. The van der Waals surface area contributed by atoms with Gasteiger partial charge in [0, 0.05) is 10.9 Å². The van der Waals surface area contributed by atoms with Crippen LogP contribution in [0.4, 0.5) is 5.13 Å². The van der Waals surface area contributed by atoms with E-state index < -0.39 is 0 Å². The number of ether oxygens (including phenoxy) is 1. The largest absolute Gasteiger partial charge is 0.461 e. The maximum absolute atomic E-state index is 11.7. The molecule has 0 radical (unpaired) electrons. The number of hydrogen-bond acceptors (Lipinski definition) is 5. The van der Waals surface area contributed by atoms with E-state index in [0.29, 0.717) is 18.3 Å². The molecule has 1 aromatic heterocycles. The SMILES string of the molecule is CCOC(=O)c1nc(NC(CC)CC2CC2)sc1C. The normalized spacial score (nSPS) is 16.2. The number of hydrogen-bond donors (Lipinski definition) is 1. The third-order valence-corrected chi connectivity index (χ3v) is 4.30. The first-order valence-corrected chi connectivity index (χ1v) is 7.86. The lowest BCUT2D eigenvalue weighted by Gasteiger charge is -2.15. The molecular formula is C14H22N2O2S. The Morgan fingerprint density at radius 1 is 1.53 bits per heavy atom. The molecule has 0 aliphatic heterocycles. The monoisotopic (exact) mass is 282 g/mol. The predicted octanol–water partition coefficient (Wildman–Crippen LogP) is 3.62. The second kappa shape index (κ2) is 6.37. The average molecular weight is 282 g/mol. The van der Waals surface area contributed by atoms with Crippen LogP contribution in [0.25, 0.3) is 0 Å². The number of anilines is 1. The predicted molar refractivity (Wildman–Crippen MR) is 77.9 cm³/mol. The lowest BCUT2D eigenvalue weighted by Crippen LogP contribution is -2.19. The summed E-state index contributed by atoms with van der Waals surface area (Å²) in [5, 5.41) is 4.30. The van der Waals surface area contributed by atoms with Gasteiger partial charge in [-0.15, -0.1) is 11.3 Å². The van der Waals surface area contributed by atoms with E-state index in [1.54, 1.807) is 0 Å². The zero-order chi connectivity index (χ0) is 13.8. The number of rotatable bonds is 7. The van der Waals surface area contributed by atoms with Crippen molar-refractivity contribution in [2.45, 2.75) is 52.5 Å².